The fourth-order valence-corrected chi connectivity index (χ4v) is 1.58. The summed E-state index contributed by atoms with van der Waals surface area (Å²) in [4.78, 5) is 2.25. The highest BCUT2D eigenvalue weighted by Crippen LogP contribution is 2.12. The molecule has 0 aromatic rings. The van der Waals surface area contributed by atoms with Gasteiger partial charge in [0, 0.05) is 13.1 Å². The van der Waals surface area contributed by atoms with Gasteiger partial charge in [-0.3, -0.25) is 4.90 Å². The summed E-state index contributed by atoms with van der Waals surface area (Å²) in [5, 5.41) is 8.57. The molecule has 0 amide bonds. The number of ether oxygens (including phenoxy) is 1. The topological polar surface area (TPSA) is 32.7 Å². The molecule has 0 unspecified atom stereocenters. The van der Waals surface area contributed by atoms with Crippen LogP contribution in [-0.2, 0) is 4.74 Å². The van der Waals surface area contributed by atoms with E-state index >= 15 is 0 Å². The van der Waals surface area contributed by atoms with Crippen LogP contribution in [-0.4, -0.2) is 49.0 Å². The molecule has 1 rings (SSSR count). The third-order valence-electron chi connectivity index (χ3n) is 2.29. The Morgan fingerprint density at radius 1 is 1.46 bits per heavy atom. The van der Waals surface area contributed by atoms with Gasteiger partial charge in [-0.25, -0.2) is 0 Å². The SMILES string of the molecule is C#CCN1CCC(OCCO)CC1. The van der Waals surface area contributed by atoms with E-state index in [4.69, 9.17) is 16.3 Å². The standard InChI is InChI=1S/C10H17NO2/c1-2-5-11-6-3-10(4-7-11)13-9-8-12/h1,10,12H,3-9H2. The molecule has 1 heterocycles. The van der Waals surface area contributed by atoms with Crippen LogP contribution in [0.25, 0.3) is 0 Å². The molecule has 1 fully saturated rings. The first-order valence-corrected chi connectivity index (χ1v) is 4.75. The lowest BCUT2D eigenvalue weighted by Crippen LogP contribution is -2.37. The van der Waals surface area contributed by atoms with Crippen LogP contribution in [0.5, 0.6) is 0 Å². The maximum absolute atomic E-state index is 8.57. The van der Waals surface area contributed by atoms with E-state index in [1.165, 1.54) is 0 Å². The van der Waals surface area contributed by atoms with E-state index in [0.29, 0.717) is 12.7 Å². The van der Waals surface area contributed by atoms with Crippen LogP contribution in [0.3, 0.4) is 0 Å². The second-order valence-corrected chi connectivity index (χ2v) is 3.27. The van der Waals surface area contributed by atoms with Crippen LogP contribution in [0.4, 0.5) is 0 Å². The average molecular weight is 183 g/mol. The minimum Gasteiger partial charge on any atom is -0.394 e. The first-order chi connectivity index (χ1) is 6.36. The third kappa shape index (κ3) is 3.77. The zero-order valence-electron chi connectivity index (χ0n) is 7.91. The molecular formula is C10H17NO2. The maximum atomic E-state index is 8.57. The van der Waals surface area contributed by atoms with Gasteiger partial charge >= 0.3 is 0 Å². The number of rotatable bonds is 4. The molecule has 0 spiro atoms. The van der Waals surface area contributed by atoms with Crippen LogP contribution in [0, 0.1) is 12.3 Å². The van der Waals surface area contributed by atoms with Crippen molar-refractivity contribution < 1.29 is 9.84 Å². The summed E-state index contributed by atoms with van der Waals surface area (Å²) < 4.78 is 5.43. The average Bonchev–Trinajstić information content (AvgIpc) is 2.17. The number of terminal acetylenes is 1. The molecular weight excluding hydrogens is 166 g/mol. The molecule has 13 heavy (non-hydrogen) atoms. The van der Waals surface area contributed by atoms with E-state index in [9.17, 15) is 0 Å². The van der Waals surface area contributed by atoms with Crippen molar-refractivity contribution in [2.24, 2.45) is 0 Å². The molecule has 0 bridgehead atoms. The van der Waals surface area contributed by atoms with E-state index in [1.54, 1.807) is 0 Å². The molecule has 0 atom stereocenters. The fourth-order valence-electron chi connectivity index (χ4n) is 1.58. The van der Waals surface area contributed by atoms with Gasteiger partial charge in [0.1, 0.15) is 0 Å². The van der Waals surface area contributed by atoms with Crippen molar-refractivity contribution in [1.29, 1.82) is 0 Å². The smallest absolute Gasteiger partial charge is 0.0701 e. The number of likely N-dealkylation sites (tertiary alicyclic amines) is 1. The number of aliphatic hydroxyl groups excluding tert-OH is 1. The molecule has 0 aromatic heterocycles. The second kappa shape index (κ2) is 5.98. The van der Waals surface area contributed by atoms with Crippen molar-refractivity contribution in [2.75, 3.05) is 32.8 Å². The number of hydrogen-bond donors (Lipinski definition) is 1. The Labute approximate surface area is 79.7 Å². The van der Waals surface area contributed by atoms with E-state index in [0.717, 1.165) is 32.5 Å². The third-order valence-corrected chi connectivity index (χ3v) is 2.29. The molecule has 1 aliphatic heterocycles. The lowest BCUT2D eigenvalue weighted by molar-refractivity contribution is -0.00561. The first kappa shape index (κ1) is 10.5. The molecule has 0 aliphatic carbocycles. The predicted octanol–water partition coefficient (Wildman–Crippen LogP) is 0.0929. The van der Waals surface area contributed by atoms with Crippen LogP contribution in [0.1, 0.15) is 12.8 Å². The minimum atomic E-state index is 0.116. The number of piperidine rings is 1. The van der Waals surface area contributed by atoms with Crippen molar-refractivity contribution in [3.8, 4) is 12.3 Å². The fraction of sp³-hybridized carbons (Fsp3) is 0.800. The van der Waals surface area contributed by atoms with Gasteiger partial charge in [0.15, 0.2) is 0 Å². The molecule has 1 saturated heterocycles. The Morgan fingerprint density at radius 3 is 2.69 bits per heavy atom. The van der Waals surface area contributed by atoms with E-state index in [-0.39, 0.29) is 6.61 Å². The molecule has 3 heteroatoms. The van der Waals surface area contributed by atoms with Crippen molar-refractivity contribution in [3.63, 3.8) is 0 Å². The highest BCUT2D eigenvalue weighted by Gasteiger charge is 2.18. The summed E-state index contributed by atoms with van der Waals surface area (Å²) >= 11 is 0. The summed E-state index contributed by atoms with van der Waals surface area (Å²) in [6.45, 7) is 3.34. The monoisotopic (exact) mass is 183 g/mol. The van der Waals surface area contributed by atoms with Gasteiger partial charge in [-0.05, 0) is 12.8 Å². The quantitative estimate of drug-likeness (QED) is 0.627. The largest absolute Gasteiger partial charge is 0.394 e. The van der Waals surface area contributed by atoms with Crippen LogP contribution >= 0.6 is 0 Å². The highest BCUT2D eigenvalue weighted by atomic mass is 16.5. The lowest BCUT2D eigenvalue weighted by atomic mass is 10.1. The summed E-state index contributed by atoms with van der Waals surface area (Å²) in [7, 11) is 0. The molecule has 0 radical (unpaired) electrons. The molecule has 0 saturated carbocycles. The summed E-state index contributed by atoms with van der Waals surface area (Å²) in [6, 6.07) is 0. The Balaban J connectivity index is 2.12. The summed E-state index contributed by atoms with van der Waals surface area (Å²) in [6.07, 6.45) is 7.60. The molecule has 1 aliphatic rings. The second-order valence-electron chi connectivity index (χ2n) is 3.27. The number of nitrogens with zero attached hydrogens (tertiary/aromatic N) is 1. The zero-order valence-corrected chi connectivity index (χ0v) is 7.91. The number of aliphatic hydroxyl groups is 1. The van der Waals surface area contributed by atoms with Crippen molar-refractivity contribution in [2.45, 2.75) is 18.9 Å². The highest BCUT2D eigenvalue weighted by molar-refractivity contribution is 4.89. The van der Waals surface area contributed by atoms with Crippen LogP contribution < -0.4 is 0 Å². The van der Waals surface area contributed by atoms with E-state index < -0.39 is 0 Å². The molecule has 1 N–H and O–H groups in total. The van der Waals surface area contributed by atoms with Gasteiger partial charge in [0.05, 0.1) is 25.9 Å². The molecule has 74 valence electrons. The maximum Gasteiger partial charge on any atom is 0.0701 e. The first-order valence-electron chi connectivity index (χ1n) is 4.75. The Kier molecular flexibility index (Phi) is 4.84. The van der Waals surface area contributed by atoms with Gasteiger partial charge in [0.25, 0.3) is 0 Å². The van der Waals surface area contributed by atoms with Gasteiger partial charge in [-0.15, -0.1) is 6.42 Å². The Hall–Kier alpha value is -0.560. The van der Waals surface area contributed by atoms with Crippen molar-refractivity contribution >= 4 is 0 Å². The lowest BCUT2D eigenvalue weighted by Gasteiger charge is -2.30. The van der Waals surface area contributed by atoms with Gasteiger partial charge in [-0.2, -0.15) is 0 Å². The summed E-state index contributed by atoms with van der Waals surface area (Å²) in [5.74, 6) is 2.64. The molecule has 0 aromatic carbocycles. The zero-order chi connectivity index (χ0) is 9.52. The van der Waals surface area contributed by atoms with E-state index in [2.05, 4.69) is 10.8 Å². The van der Waals surface area contributed by atoms with Crippen molar-refractivity contribution in [1.82, 2.24) is 4.90 Å². The normalized spacial score (nSPS) is 20.0. The summed E-state index contributed by atoms with van der Waals surface area (Å²) in [5.41, 5.74) is 0. The Morgan fingerprint density at radius 2 is 2.15 bits per heavy atom. The Bertz CT molecular complexity index is 168. The van der Waals surface area contributed by atoms with Gasteiger partial charge < -0.3 is 9.84 Å². The van der Waals surface area contributed by atoms with E-state index in [1.807, 2.05) is 0 Å². The number of hydrogen-bond acceptors (Lipinski definition) is 3. The van der Waals surface area contributed by atoms with Crippen LogP contribution in [0.2, 0.25) is 0 Å². The van der Waals surface area contributed by atoms with Crippen LogP contribution in [0.15, 0.2) is 0 Å². The molecule has 3 nitrogen and oxygen atoms in total. The van der Waals surface area contributed by atoms with Gasteiger partial charge in [0.2, 0.25) is 0 Å². The van der Waals surface area contributed by atoms with Crippen molar-refractivity contribution in [3.05, 3.63) is 0 Å². The minimum absolute atomic E-state index is 0.116. The predicted molar refractivity (Wildman–Crippen MR) is 51.3 cm³/mol. The van der Waals surface area contributed by atoms with Gasteiger partial charge in [-0.1, -0.05) is 5.92 Å².